The number of nitro groups is 1. The summed E-state index contributed by atoms with van der Waals surface area (Å²) in [6, 6.07) is 0. The van der Waals surface area contributed by atoms with E-state index >= 15 is 0 Å². The minimum absolute atomic E-state index is 0.306. The molecular formula is C11H16ClN5O3S. The molecule has 1 aliphatic rings. The van der Waals surface area contributed by atoms with E-state index in [0.717, 1.165) is 11.3 Å². The summed E-state index contributed by atoms with van der Waals surface area (Å²) in [6.07, 6.45) is 2.58. The van der Waals surface area contributed by atoms with Crippen LogP contribution in [0.4, 0.5) is 0 Å². The van der Waals surface area contributed by atoms with Crippen LogP contribution >= 0.6 is 22.9 Å². The van der Waals surface area contributed by atoms with Gasteiger partial charge in [0.05, 0.1) is 6.54 Å². The Morgan fingerprint density at radius 3 is 2.95 bits per heavy atom. The van der Waals surface area contributed by atoms with Crippen molar-refractivity contribution < 1.29 is 9.77 Å². The van der Waals surface area contributed by atoms with Crippen LogP contribution in [0.3, 0.4) is 0 Å². The molecule has 116 valence electrons. The van der Waals surface area contributed by atoms with Crippen LogP contribution in [-0.4, -0.2) is 52.2 Å². The molecule has 21 heavy (non-hydrogen) atoms. The van der Waals surface area contributed by atoms with Crippen molar-refractivity contribution in [3.8, 4) is 0 Å². The Bertz CT molecular complexity index is 524. The molecule has 8 nitrogen and oxygen atoms in total. The van der Waals surface area contributed by atoms with Gasteiger partial charge in [-0.3, -0.25) is 0 Å². The van der Waals surface area contributed by atoms with Crippen molar-refractivity contribution in [1.29, 1.82) is 0 Å². The standard InChI is InChI=1S/C11H16ClN5O3S/c1-2-5-20-8-16-4-3-15(11(16)14-17(18)19)7-9-6-13-10(12)21-9/h6H,2-5,7-8H2,1H3/b14-11-. The first-order valence-electron chi connectivity index (χ1n) is 6.51. The molecule has 0 N–H and O–H groups in total. The second-order valence-corrected chi connectivity index (χ2v) is 6.14. The van der Waals surface area contributed by atoms with Crippen molar-refractivity contribution in [2.75, 3.05) is 26.4 Å². The highest BCUT2D eigenvalue weighted by atomic mass is 35.5. The summed E-state index contributed by atoms with van der Waals surface area (Å²) in [4.78, 5) is 19.2. The average molecular weight is 334 g/mol. The highest BCUT2D eigenvalue weighted by Crippen LogP contribution is 2.21. The topological polar surface area (TPSA) is 84.1 Å². The first kappa shape index (κ1) is 15.9. The molecule has 2 heterocycles. The number of halogens is 1. The van der Waals surface area contributed by atoms with Gasteiger partial charge in [-0.25, -0.2) is 15.1 Å². The molecule has 1 saturated heterocycles. The normalized spacial score (nSPS) is 17.0. The Morgan fingerprint density at radius 2 is 2.33 bits per heavy atom. The van der Waals surface area contributed by atoms with Crippen LogP contribution < -0.4 is 0 Å². The molecule has 1 fully saturated rings. The fraction of sp³-hybridized carbons (Fsp3) is 0.636. The summed E-state index contributed by atoms with van der Waals surface area (Å²) < 4.78 is 5.90. The van der Waals surface area contributed by atoms with Gasteiger partial charge in [-0.2, -0.15) is 0 Å². The molecule has 0 aliphatic carbocycles. The van der Waals surface area contributed by atoms with E-state index in [1.165, 1.54) is 11.3 Å². The Balaban J connectivity index is 2.04. The van der Waals surface area contributed by atoms with Gasteiger partial charge in [-0.05, 0) is 6.42 Å². The number of ether oxygens (including phenoxy) is 1. The molecule has 1 aromatic rings. The van der Waals surface area contributed by atoms with Gasteiger partial charge in [0.15, 0.2) is 9.50 Å². The van der Waals surface area contributed by atoms with Crippen molar-refractivity contribution in [3.05, 3.63) is 25.7 Å². The number of hydrogen-bond donors (Lipinski definition) is 0. The zero-order chi connectivity index (χ0) is 15.2. The van der Waals surface area contributed by atoms with Crippen LogP contribution in [0.25, 0.3) is 0 Å². The smallest absolute Gasteiger partial charge is 0.276 e. The molecule has 1 aromatic heterocycles. The fourth-order valence-electron chi connectivity index (χ4n) is 1.98. The summed E-state index contributed by atoms with van der Waals surface area (Å²) in [5, 5.41) is 13.5. The monoisotopic (exact) mass is 333 g/mol. The van der Waals surface area contributed by atoms with Crippen molar-refractivity contribution >= 4 is 28.9 Å². The minimum Gasteiger partial charge on any atom is -0.361 e. The largest absolute Gasteiger partial charge is 0.361 e. The van der Waals surface area contributed by atoms with Gasteiger partial charge in [0.2, 0.25) is 0 Å². The van der Waals surface area contributed by atoms with Crippen molar-refractivity contribution in [1.82, 2.24) is 14.8 Å². The number of guanidine groups is 1. The molecular weight excluding hydrogens is 318 g/mol. The highest BCUT2D eigenvalue weighted by molar-refractivity contribution is 7.15. The SMILES string of the molecule is CCCOCN1CCN(Cc2cnc(Cl)s2)/C1=N/[N+](=O)[O-]. The van der Waals surface area contributed by atoms with E-state index in [-0.39, 0.29) is 0 Å². The van der Waals surface area contributed by atoms with Gasteiger partial charge >= 0.3 is 0 Å². The Morgan fingerprint density at radius 1 is 1.57 bits per heavy atom. The fourth-order valence-corrected chi connectivity index (χ4v) is 2.97. The molecule has 0 atom stereocenters. The lowest BCUT2D eigenvalue weighted by Gasteiger charge is -2.19. The van der Waals surface area contributed by atoms with Gasteiger partial charge in [-0.1, -0.05) is 18.5 Å². The first-order chi connectivity index (χ1) is 10.1. The van der Waals surface area contributed by atoms with Crippen LogP contribution in [0.2, 0.25) is 4.47 Å². The lowest BCUT2D eigenvalue weighted by atomic mass is 10.5. The van der Waals surface area contributed by atoms with Crippen LogP contribution in [-0.2, 0) is 11.3 Å². The van der Waals surface area contributed by atoms with E-state index in [1.807, 2.05) is 11.8 Å². The van der Waals surface area contributed by atoms with Gasteiger partial charge in [0.25, 0.3) is 5.96 Å². The quantitative estimate of drug-likeness (QED) is 0.430. The molecule has 0 radical (unpaired) electrons. The van der Waals surface area contributed by atoms with Crippen LogP contribution in [0.15, 0.2) is 11.3 Å². The third-order valence-corrected chi connectivity index (χ3v) is 3.94. The number of rotatable bonds is 7. The van der Waals surface area contributed by atoms with E-state index in [1.54, 1.807) is 11.1 Å². The second-order valence-electron chi connectivity index (χ2n) is 4.44. The summed E-state index contributed by atoms with van der Waals surface area (Å²) >= 11 is 7.16. The molecule has 2 rings (SSSR count). The molecule has 10 heteroatoms. The van der Waals surface area contributed by atoms with Gasteiger partial charge in [0.1, 0.15) is 11.8 Å². The molecule has 1 aliphatic heterocycles. The maximum atomic E-state index is 10.7. The molecule has 0 saturated carbocycles. The molecule has 0 unspecified atom stereocenters. The van der Waals surface area contributed by atoms with Crippen molar-refractivity contribution in [2.45, 2.75) is 19.9 Å². The maximum absolute atomic E-state index is 10.7. The van der Waals surface area contributed by atoms with E-state index in [2.05, 4.69) is 10.1 Å². The number of aromatic nitrogens is 1. The van der Waals surface area contributed by atoms with Crippen molar-refractivity contribution in [3.63, 3.8) is 0 Å². The summed E-state index contributed by atoms with van der Waals surface area (Å²) in [5.74, 6) is 0.320. The summed E-state index contributed by atoms with van der Waals surface area (Å²) in [7, 11) is 0. The number of hydrogen-bond acceptors (Lipinski definition) is 5. The third-order valence-electron chi connectivity index (χ3n) is 2.84. The average Bonchev–Trinajstić information content (AvgIpc) is 2.99. The zero-order valence-electron chi connectivity index (χ0n) is 11.6. The Labute approximate surface area is 131 Å². The Hall–Kier alpha value is -1.45. The van der Waals surface area contributed by atoms with Crippen molar-refractivity contribution in [2.24, 2.45) is 5.10 Å². The number of nitrogens with zero attached hydrogens (tertiary/aromatic N) is 5. The van der Waals surface area contributed by atoms with E-state index in [4.69, 9.17) is 16.3 Å². The summed E-state index contributed by atoms with van der Waals surface area (Å²) in [5.41, 5.74) is 0. The van der Waals surface area contributed by atoms with Gasteiger partial charge in [0, 0.05) is 30.8 Å². The van der Waals surface area contributed by atoms with E-state index < -0.39 is 5.03 Å². The van der Waals surface area contributed by atoms with Crippen LogP contribution in [0.5, 0.6) is 0 Å². The second kappa shape index (κ2) is 7.53. The predicted molar refractivity (Wildman–Crippen MR) is 79.8 cm³/mol. The lowest BCUT2D eigenvalue weighted by molar-refractivity contribution is -0.486. The first-order valence-corrected chi connectivity index (χ1v) is 7.70. The molecule has 0 aromatic carbocycles. The summed E-state index contributed by atoms with van der Waals surface area (Å²) in [6.45, 7) is 4.73. The third kappa shape index (κ3) is 4.51. The number of hydrazone groups is 1. The maximum Gasteiger partial charge on any atom is 0.276 e. The van der Waals surface area contributed by atoms with Gasteiger partial charge < -0.3 is 14.5 Å². The molecule has 0 amide bonds. The lowest BCUT2D eigenvalue weighted by Crippen LogP contribution is -2.35. The predicted octanol–water partition coefficient (Wildman–Crippen LogP) is 1.85. The minimum atomic E-state index is -0.680. The molecule has 0 spiro atoms. The van der Waals surface area contributed by atoms with E-state index in [0.29, 0.717) is 43.4 Å². The van der Waals surface area contributed by atoms with Crippen LogP contribution in [0, 0.1) is 10.1 Å². The zero-order valence-corrected chi connectivity index (χ0v) is 13.1. The number of thiazole rings is 1. The molecule has 0 bridgehead atoms. The van der Waals surface area contributed by atoms with Gasteiger partial charge in [-0.15, -0.1) is 11.3 Å². The van der Waals surface area contributed by atoms with Crippen LogP contribution in [0.1, 0.15) is 18.2 Å². The highest BCUT2D eigenvalue weighted by Gasteiger charge is 2.30. The van der Waals surface area contributed by atoms with E-state index in [9.17, 15) is 10.1 Å². The Kier molecular flexibility index (Phi) is 5.71.